The molecule has 0 saturated heterocycles. The predicted molar refractivity (Wildman–Crippen MR) is 77.2 cm³/mol. The standard InChI is InChI=1S/C14H11N5O2/c1-20-12-6-8(7-15)2-4-10(12)17-11-5-3-9(16)13-14(11)19-21-18-13/h2-6,17H,16H2,1H3. The lowest BCUT2D eigenvalue weighted by Gasteiger charge is -2.11. The Morgan fingerprint density at radius 2 is 1.95 bits per heavy atom. The lowest BCUT2D eigenvalue weighted by atomic mass is 10.2. The van der Waals surface area contributed by atoms with Crippen LogP contribution in [0.4, 0.5) is 17.1 Å². The second-order valence-corrected chi connectivity index (χ2v) is 4.32. The van der Waals surface area contributed by atoms with E-state index in [1.165, 1.54) is 7.11 Å². The Balaban J connectivity index is 2.05. The van der Waals surface area contributed by atoms with E-state index in [-0.39, 0.29) is 0 Å². The van der Waals surface area contributed by atoms with Crippen molar-refractivity contribution in [2.24, 2.45) is 0 Å². The monoisotopic (exact) mass is 281 g/mol. The molecule has 2 aromatic carbocycles. The van der Waals surface area contributed by atoms with Gasteiger partial charge in [0.1, 0.15) is 5.75 Å². The van der Waals surface area contributed by atoms with Gasteiger partial charge in [-0.2, -0.15) is 5.26 Å². The van der Waals surface area contributed by atoms with Gasteiger partial charge in [0.15, 0.2) is 11.0 Å². The number of ether oxygens (including phenoxy) is 1. The van der Waals surface area contributed by atoms with E-state index in [2.05, 4.69) is 21.7 Å². The summed E-state index contributed by atoms with van der Waals surface area (Å²) in [5.74, 6) is 0.551. The molecular formula is C14H11N5O2. The fourth-order valence-electron chi connectivity index (χ4n) is 2.00. The first-order chi connectivity index (χ1) is 10.2. The summed E-state index contributed by atoms with van der Waals surface area (Å²) < 4.78 is 10.0. The Labute approximate surface area is 119 Å². The number of rotatable bonds is 3. The van der Waals surface area contributed by atoms with E-state index in [9.17, 15) is 0 Å². The molecule has 7 heteroatoms. The number of hydrogen-bond donors (Lipinski definition) is 2. The summed E-state index contributed by atoms with van der Waals surface area (Å²) in [6.45, 7) is 0. The van der Waals surface area contributed by atoms with Crippen LogP contribution in [0.15, 0.2) is 35.0 Å². The smallest absolute Gasteiger partial charge is 0.160 e. The molecule has 1 aromatic heterocycles. The Kier molecular flexibility index (Phi) is 3.04. The van der Waals surface area contributed by atoms with Gasteiger partial charge >= 0.3 is 0 Å². The molecule has 0 aliphatic heterocycles. The zero-order valence-electron chi connectivity index (χ0n) is 11.1. The summed E-state index contributed by atoms with van der Waals surface area (Å²) >= 11 is 0. The van der Waals surface area contributed by atoms with Crippen molar-refractivity contribution in [1.82, 2.24) is 10.3 Å². The summed E-state index contributed by atoms with van der Waals surface area (Å²) in [7, 11) is 1.54. The third-order valence-electron chi connectivity index (χ3n) is 3.05. The van der Waals surface area contributed by atoms with Crippen LogP contribution in [0.5, 0.6) is 5.75 Å². The van der Waals surface area contributed by atoms with Gasteiger partial charge in [-0.25, -0.2) is 4.63 Å². The van der Waals surface area contributed by atoms with Crippen molar-refractivity contribution in [3.8, 4) is 11.8 Å². The van der Waals surface area contributed by atoms with Gasteiger partial charge in [0, 0.05) is 6.07 Å². The summed E-state index contributed by atoms with van der Waals surface area (Å²) in [6, 6.07) is 10.7. The largest absolute Gasteiger partial charge is 0.495 e. The minimum atomic E-state index is 0.489. The zero-order valence-corrected chi connectivity index (χ0v) is 11.1. The minimum Gasteiger partial charge on any atom is -0.495 e. The molecule has 3 N–H and O–H groups in total. The van der Waals surface area contributed by atoms with Gasteiger partial charge in [0.2, 0.25) is 0 Å². The first-order valence-electron chi connectivity index (χ1n) is 6.09. The third-order valence-corrected chi connectivity index (χ3v) is 3.05. The Hall–Kier alpha value is -3.27. The van der Waals surface area contributed by atoms with Crippen LogP contribution in [-0.4, -0.2) is 17.4 Å². The van der Waals surface area contributed by atoms with Gasteiger partial charge in [-0.3, -0.25) is 0 Å². The Morgan fingerprint density at radius 1 is 1.19 bits per heavy atom. The van der Waals surface area contributed by atoms with E-state index in [1.54, 1.807) is 30.3 Å². The molecule has 7 nitrogen and oxygen atoms in total. The predicted octanol–water partition coefficient (Wildman–Crippen LogP) is 2.43. The maximum absolute atomic E-state index is 8.91. The fraction of sp³-hybridized carbons (Fsp3) is 0.0714. The first-order valence-corrected chi connectivity index (χ1v) is 6.09. The van der Waals surface area contributed by atoms with Gasteiger partial charge in [0.25, 0.3) is 0 Å². The van der Waals surface area contributed by atoms with E-state index < -0.39 is 0 Å². The highest BCUT2D eigenvalue weighted by Crippen LogP contribution is 2.32. The summed E-state index contributed by atoms with van der Waals surface area (Å²) in [6.07, 6.45) is 0. The van der Waals surface area contributed by atoms with Crippen LogP contribution >= 0.6 is 0 Å². The zero-order chi connectivity index (χ0) is 14.8. The molecule has 3 rings (SSSR count). The van der Waals surface area contributed by atoms with E-state index in [0.29, 0.717) is 39.4 Å². The fourth-order valence-corrected chi connectivity index (χ4v) is 2.00. The highest BCUT2D eigenvalue weighted by atomic mass is 16.6. The molecular weight excluding hydrogens is 270 g/mol. The van der Waals surface area contributed by atoms with Crippen LogP contribution in [0.2, 0.25) is 0 Å². The number of nitrogen functional groups attached to an aromatic ring is 1. The number of nitriles is 1. The molecule has 0 amide bonds. The molecule has 0 unspecified atom stereocenters. The molecule has 0 aliphatic rings. The molecule has 0 bridgehead atoms. The molecule has 3 aromatic rings. The van der Waals surface area contributed by atoms with Crippen LogP contribution in [0.25, 0.3) is 11.0 Å². The molecule has 21 heavy (non-hydrogen) atoms. The second-order valence-electron chi connectivity index (χ2n) is 4.32. The summed E-state index contributed by atoms with van der Waals surface area (Å²) in [4.78, 5) is 0. The quantitative estimate of drug-likeness (QED) is 0.709. The van der Waals surface area contributed by atoms with Crippen molar-refractivity contribution < 1.29 is 9.37 Å². The molecule has 0 radical (unpaired) electrons. The highest BCUT2D eigenvalue weighted by molar-refractivity contribution is 5.96. The molecule has 1 heterocycles. The molecule has 104 valence electrons. The molecule has 0 fully saturated rings. The minimum absolute atomic E-state index is 0.489. The second kappa shape index (κ2) is 5.02. The van der Waals surface area contributed by atoms with E-state index in [4.69, 9.17) is 20.4 Å². The van der Waals surface area contributed by atoms with Gasteiger partial charge in [-0.15, -0.1) is 0 Å². The average Bonchev–Trinajstić information content (AvgIpc) is 3.01. The van der Waals surface area contributed by atoms with Gasteiger partial charge in [-0.05, 0) is 34.6 Å². The van der Waals surface area contributed by atoms with Crippen molar-refractivity contribution in [1.29, 1.82) is 5.26 Å². The lowest BCUT2D eigenvalue weighted by Crippen LogP contribution is -1.97. The van der Waals surface area contributed by atoms with Gasteiger partial charge in [0.05, 0.1) is 35.8 Å². The number of nitrogens with zero attached hydrogens (tertiary/aromatic N) is 3. The van der Waals surface area contributed by atoms with Crippen molar-refractivity contribution in [2.75, 3.05) is 18.2 Å². The number of benzene rings is 2. The van der Waals surface area contributed by atoms with Crippen LogP contribution in [0.3, 0.4) is 0 Å². The van der Waals surface area contributed by atoms with Crippen molar-refractivity contribution in [3.05, 3.63) is 35.9 Å². The topological polar surface area (TPSA) is 110 Å². The van der Waals surface area contributed by atoms with E-state index in [0.717, 1.165) is 0 Å². The number of aromatic nitrogens is 2. The van der Waals surface area contributed by atoms with Gasteiger partial charge in [-0.1, -0.05) is 0 Å². The molecule has 0 atom stereocenters. The average molecular weight is 281 g/mol. The Bertz CT molecular complexity index is 850. The van der Waals surface area contributed by atoms with Crippen LogP contribution in [0.1, 0.15) is 5.56 Å². The van der Waals surface area contributed by atoms with Crippen LogP contribution in [-0.2, 0) is 0 Å². The first kappa shape index (κ1) is 12.7. The highest BCUT2D eigenvalue weighted by Gasteiger charge is 2.12. The normalized spacial score (nSPS) is 10.3. The molecule has 0 saturated carbocycles. The number of nitrogens with one attached hydrogen (secondary N) is 1. The van der Waals surface area contributed by atoms with Crippen molar-refractivity contribution in [3.63, 3.8) is 0 Å². The van der Waals surface area contributed by atoms with Gasteiger partial charge < -0.3 is 15.8 Å². The summed E-state index contributed by atoms with van der Waals surface area (Å²) in [5, 5.41) is 19.7. The van der Waals surface area contributed by atoms with Crippen LogP contribution in [0, 0.1) is 11.3 Å². The van der Waals surface area contributed by atoms with Crippen molar-refractivity contribution >= 4 is 28.1 Å². The number of hydrogen-bond acceptors (Lipinski definition) is 7. The molecule has 0 spiro atoms. The summed E-state index contributed by atoms with van der Waals surface area (Å²) in [5.41, 5.74) is 9.22. The Morgan fingerprint density at radius 3 is 2.71 bits per heavy atom. The number of fused-ring (bicyclic) bond motifs is 1. The third kappa shape index (κ3) is 2.19. The maximum atomic E-state index is 8.91. The SMILES string of the molecule is COc1cc(C#N)ccc1Nc1ccc(N)c2nonc12. The number of anilines is 3. The van der Waals surface area contributed by atoms with E-state index >= 15 is 0 Å². The van der Waals surface area contributed by atoms with Crippen molar-refractivity contribution in [2.45, 2.75) is 0 Å². The van der Waals surface area contributed by atoms with Crippen LogP contribution < -0.4 is 15.8 Å². The number of methoxy groups -OCH3 is 1. The maximum Gasteiger partial charge on any atom is 0.160 e. The van der Waals surface area contributed by atoms with E-state index in [1.807, 2.05) is 0 Å². The lowest BCUT2D eigenvalue weighted by molar-refractivity contribution is 0.316. The number of nitrogens with two attached hydrogens (primary N) is 1. The molecule has 0 aliphatic carbocycles.